The lowest BCUT2D eigenvalue weighted by atomic mass is 10.2. The Morgan fingerprint density at radius 3 is 2.76 bits per heavy atom. The van der Waals surface area contributed by atoms with E-state index in [2.05, 4.69) is 54.0 Å². The smallest absolute Gasteiger partial charge is 0.230 e. The number of thiophene rings is 1. The van der Waals surface area contributed by atoms with Crippen molar-refractivity contribution in [3.05, 3.63) is 52.2 Å². The van der Waals surface area contributed by atoms with Gasteiger partial charge in [0.15, 0.2) is 0 Å². The van der Waals surface area contributed by atoms with E-state index in [0.717, 1.165) is 22.9 Å². The summed E-state index contributed by atoms with van der Waals surface area (Å²) >= 11 is 5.22. The van der Waals surface area contributed by atoms with Crippen LogP contribution in [0.2, 0.25) is 0 Å². The first-order valence-corrected chi connectivity index (χ1v) is 9.82. The molecule has 0 saturated heterocycles. The molecule has 0 aliphatic carbocycles. The molecule has 1 N–H and O–H groups in total. The summed E-state index contributed by atoms with van der Waals surface area (Å²) in [4.78, 5) is 14.3. The molecule has 21 heavy (non-hydrogen) atoms. The quantitative estimate of drug-likeness (QED) is 0.578. The second kappa shape index (κ2) is 9.18. The molecular formula is C16H19NOS3. The first kappa shape index (κ1) is 16.5. The maximum Gasteiger partial charge on any atom is 0.230 e. The van der Waals surface area contributed by atoms with E-state index in [0.29, 0.717) is 5.75 Å². The molecule has 0 spiro atoms. The van der Waals surface area contributed by atoms with E-state index in [1.165, 1.54) is 10.4 Å². The molecule has 1 aromatic heterocycles. The van der Waals surface area contributed by atoms with E-state index in [9.17, 15) is 4.79 Å². The zero-order valence-electron chi connectivity index (χ0n) is 12.0. The Balaban J connectivity index is 1.54. The number of hydrogen-bond donors (Lipinski definition) is 1. The fourth-order valence-corrected chi connectivity index (χ4v) is 4.09. The van der Waals surface area contributed by atoms with Crippen LogP contribution in [0, 0.1) is 6.92 Å². The van der Waals surface area contributed by atoms with Crippen LogP contribution in [-0.4, -0.2) is 24.0 Å². The van der Waals surface area contributed by atoms with Crippen LogP contribution in [0.1, 0.15) is 10.4 Å². The molecule has 2 aromatic rings. The number of nitrogens with one attached hydrogen (secondary N) is 1. The van der Waals surface area contributed by atoms with Crippen LogP contribution in [0.3, 0.4) is 0 Å². The first-order chi connectivity index (χ1) is 10.2. The van der Waals surface area contributed by atoms with Crippen molar-refractivity contribution in [2.75, 3.05) is 18.1 Å². The van der Waals surface area contributed by atoms with Crippen LogP contribution in [-0.2, 0) is 10.5 Å². The minimum Gasteiger partial charge on any atom is -0.355 e. The topological polar surface area (TPSA) is 29.1 Å². The highest BCUT2D eigenvalue weighted by Crippen LogP contribution is 2.18. The number of hydrogen-bond acceptors (Lipinski definition) is 4. The number of carbonyl (C=O) groups is 1. The number of rotatable bonds is 8. The third-order valence-electron chi connectivity index (χ3n) is 2.78. The summed E-state index contributed by atoms with van der Waals surface area (Å²) in [5.74, 6) is 2.58. The van der Waals surface area contributed by atoms with Crippen molar-refractivity contribution in [3.63, 3.8) is 0 Å². The van der Waals surface area contributed by atoms with Gasteiger partial charge in [0.05, 0.1) is 5.75 Å². The van der Waals surface area contributed by atoms with Crippen molar-refractivity contribution in [1.29, 1.82) is 0 Å². The molecule has 0 aliphatic heterocycles. The van der Waals surface area contributed by atoms with Gasteiger partial charge in [-0.05, 0) is 30.5 Å². The van der Waals surface area contributed by atoms with E-state index in [1.54, 1.807) is 23.1 Å². The largest absolute Gasteiger partial charge is 0.355 e. The second-order valence-electron chi connectivity index (χ2n) is 4.58. The lowest BCUT2D eigenvalue weighted by molar-refractivity contribution is -0.118. The molecule has 0 atom stereocenters. The van der Waals surface area contributed by atoms with E-state index >= 15 is 0 Å². The summed E-state index contributed by atoms with van der Waals surface area (Å²) in [5, 5.41) is 5.06. The monoisotopic (exact) mass is 337 g/mol. The van der Waals surface area contributed by atoms with E-state index in [1.807, 2.05) is 11.8 Å². The fourth-order valence-electron chi connectivity index (χ4n) is 1.66. The number of benzene rings is 1. The lowest BCUT2D eigenvalue weighted by Gasteiger charge is -2.05. The molecule has 2 nitrogen and oxygen atoms in total. The molecule has 112 valence electrons. The highest BCUT2D eigenvalue weighted by molar-refractivity contribution is 8.00. The molecule has 0 fully saturated rings. The Bertz CT molecular complexity index is 537. The summed E-state index contributed by atoms with van der Waals surface area (Å²) in [7, 11) is 0. The molecule has 2 rings (SSSR count). The van der Waals surface area contributed by atoms with Gasteiger partial charge in [0, 0.05) is 27.8 Å². The molecule has 0 saturated carbocycles. The van der Waals surface area contributed by atoms with Gasteiger partial charge < -0.3 is 5.32 Å². The number of thioether (sulfide) groups is 2. The second-order valence-corrected chi connectivity index (χ2v) is 7.77. The van der Waals surface area contributed by atoms with Gasteiger partial charge in [-0.1, -0.05) is 23.8 Å². The van der Waals surface area contributed by atoms with Crippen molar-refractivity contribution in [1.82, 2.24) is 5.32 Å². The fraction of sp³-hybridized carbons (Fsp3) is 0.312. The van der Waals surface area contributed by atoms with Gasteiger partial charge in [-0.15, -0.1) is 23.1 Å². The minimum atomic E-state index is 0.109. The maximum absolute atomic E-state index is 11.7. The zero-order valence-corrected chi connectivity index (χ0v) is 14.5. The number of carbonyl (C=O) groups excluding carboxylic acids is 1. The molecule has 0 radical (unpaired) electrons. The van der Waals surface area contributed by atoms with E-state index < -0.39 is 0 Å². The molecule has 1 amide bonds. The van der Waals surface area contributed by atoms with Crippen molar-refractivity contribution in [2.24, 2.45) is 0 Å². The van der Waals surface area contributed by atoms with Gasteiger partial charge in [-0.25, -0.2) is 0 Å². The summed E-state index contributed by atoms with van der Waals surface area (Å²) < 4.78 is 0. The zero-order chi connectivity index (χ0) is 14.9. The third-order valence-corrected chi connectivity index (χ3v) is 5.86. The van der Waals surface area contributed by atoms with Crippen molar-refractivity contribution < 1.29 is 4.79 Å². The van der Waals surface area contributed by atoms with Crippen molar-refractivity contribution in [3.8, 4) is 0 Å². The average molecular weight is 338 g/mol. The van der Waals surface area contributed by atoms with Crippen LogP contribution in [0.4, 0.5) is 0 Å². The van der Waals surface area contributed by atoms with Crippen molar-refractivity contribution >= 4 is 40.8 Å². The minimum absolute atomic E-state index is 0.109. The predicted molar refractivity (Wildman–Crippen MR) is 95.4 cm³/mol. The molecule has 0 bridgehead atoms. The number of amides is 1. The maximum atomic E-state index is 11.7. The Hall–Kier alpha value is -0.910. The van der Waals surface area contributed by atoms with Crippen LogP contribution < -0.4 is 5.32 Å². The van der Waals surface area contributed by atoms with Crippen molar-refractivity contribution in [2.45, 2.75) is 17.6 Å². The summed E-state index contributed by atoms with van der Waals surface area (Å²) in [6, 6.07) is 12.5. The van der Waals surface area contributed by atoms with Crippen LogP contribution in [0.25, 0.3) is 0 Å². The highest BCUT2D eigenvalue weighted by Gasteiger charge is 2.02. The molecule has 5 heteroatoms. The molecular weight excluding hydrogens is 318 g/mol. The van der Waals surface area contributed by atoms with Gasteiger partial charge in [-0.3, -0.25) is 4.79 Å². The van der Waals surface area contributed by atoms with Crippen LogP contribution in [0.15, 0.2) is 46.7 Å². The molecule has 0 unspecified atom stereocenters. The lowest BCUT2D eigenvalue weighted by Crippen LogP contribution is -2.27. The SMILES string of the molecule is Cc1ccc(SCC(=O)NCCSCc2cccs2)cc1. The summed E-state index contributed by atoms with van der Waals surface area (Å²) in [5.41, 5.74) is 1.24. The van der Waals surface area contributed by atoms with Gasteiger partial charge in [-0.2, -0.15) is 11.8 Å². The highest BCUT2D eigenvalue weighted by atomic mass is 32.2. The molecule has 1 heterocycles. The Morgan fingerprint density at radius 1 is 1.24 bits per heavy atom. The summed E-state index contributed by atoms with van der Waals surface area (Å²) in [6.45, 7) is 2.80. The average Bonchev–Trinajstić information content (AvgIpc) is 2.99. The van der Waals surface area contributed by atoms with Gasteiger partial charge in [0.2, 0.25) is 5.91 Å². The Morgan fingerprint density at radius 2 is 2.05 bits per heavy atom. The number of aryl methyl sites for hydroxylation is 1. The first-order valence-electron chi connectivity index (χ1n) is 6.80. The standard InChI is InChI=1S/C16H19NOS3/c1-13-4-6-14(7-5-13)21-12-16(18)17-8-10-19-11-15-3-2-9-20-15/h2-7,9H,8,10-12H2,1H3,(H,17,18). The Kier molecular flexibility index (Phi) is 7.19. The molecule has 0 aliphatic rings. The predicted octanol–water partition coefficient (Wildman–Crippen LogP) is 4.20. The normalized spacial score (nSPS) is 10.5. The van der Waals surface area contributed by atoms with Gasteiger partial charge in [0.1, 0.15) is 0 Å². The molecule has 1 aromatic carbocycles. The van der Waals surface area contributed by atoms with Gasteiger partial charge in [0.25, 0.3) is 0 Å². The van der Waals surface area contributed by atoms with Gasteiger partial charge >= 0.3 is 0 Å². The Labute approximate surface area is 138 Å². The third kappa shape index (κ3) is 6.59. The van der Waals surface area contributed by atoms with Crippen LogP contribution in [0.5, 0.6) is 0 Å². The summed E-state index contributed by atoms with van der Waals surface area (Å²) in [6.07, 6.45) is 0. The van der Waals surface area contributed by atoms with E-state index in [4.69, 9.17) is 0 Å². The van der Waals surface area contributed by atoms with E-state index in [-0.39, 0.29) is 5.91 Å². The van der Waals surface area contributed by atoms with Crippen LogP contribution >= 0.6 is 34.9 Å².